The number of rotatable bonds is 8. The third-order valence-corrected chi connectivity index (χ3v) is 2.92. The molecule has 0 amide bonds. The fourth-order valence-corrected chi connectivity index (χ4v) is 1.79. The predicted octanol–water partition coefficient (Wildman–Crippen LogP) is 4.48. The minimum atomic E-state index is 0.182. The summed E-state index contributed by atoms with van der Waals surface area (Å²) in [5, 5.41) is 8.73. The van der Waals surface area contributed by atoms with E-state index < -0.39 is 0 Å². The lowest BCUT2D eigenvalue weighted by atomic mass is 9.97. The molecule has 0 unspecified atom stereocenters. The van der Waals surface area contributed by atoms with Crippen molar-refractivity contribution in [3.05, 3.63) is 23.3 Å². The Balaban J connectivity index is 3.54. The first-order valence-electron chi connectivity index (χ1n) is 6.46. The van der Waals surface area contributed by atoms with Gasteiger partial charge in [0.2, 0.25) is 0 Å². The molecule has 0 aliphatic carbocycles. The lowest BCUT2D eigenvalue weighted by Gasteiger charge is -2.10. The molecule has 1 atom stereocenters. The van der Waals surface area contributed by atoms with Crippen LogP contribution in [0.15, 0.2) is 23.3 Å². The number of hydrogen-bond acceptors (Lipinski definition) is 1. The molecule has 0 saturated heterocycles. The number of aliphatic hydroxyl groups excluding tert-OH is 1. The van der Waals surface area contributed by atoms with Crippen molar-refractivity contribution in [2.45, 2.75) is 59.8 Å². The van der Waals surface area contributed by atoms with Gasteiger partial charge in [-0.05, 0) is 52.4 Å². The summed E-state index contributed by atoms with van der Waals surface area (Å²) >= 11 is 0. The third kappa shape index (κ3) is 9.97. The molecule has 0 aromatic heterocycles. The summed E-state index contributed by atoms with van der Waals surface area (Å²) in [6.45, 7) is 8.94. The average Bonchev–Trinajstić information content (AvgIpc) is 2.17. The Morgan fingerprint density at radius 2 is 1.81 bits per heavy atom. The van der Waals surface area contributed by atoms with Crippen LogP contribution in [0.3, 0.4) is 0 Å². The summed E-state index contributed by atoms with van der Waals surface area (Å²) in [6, 6.07) is 0. The van der Waals surface area contributed by atoms with E-state index in [4.69, 9.17) is 5.11 Å². The highest BCUT2D eigenvalue weighted by molar-refractivity contribution is 4.97. The van der Waals surface area contributed by atoms with E-state index in [1.54, 1.807) is 0 Å². The molecule has 0 bridgehead atoms. The van der Waals surface area contributed by atoms with Crippen LogP contribution in [0, 0.1) is 5.92 Å². The van der Waals surface area contributed by atoms with E-state index in [1.807, 2.05) is 6.08 Å². The van der Waals surface area contributed by atoms with Gasteiger partial charge in [-0.1, -0.05) is 36.6 Å². The molecule has 1 heteroatoms. The lowest BCUT2D eigenvalue weighted by Crippen LogP contribution is -1.94. The van der Waals surface area contributed by atoms with Crippen LogP contribution in [0.1, 0.15) is 59.8 Å². The van der Waals surface area contributed by atoms with Gasteiger partial charge in [0, 0.05) is 0 Å². The maximum absolute atomic E-state index is 8.73. The molecule has 0 radical (unpaired) electrons. The zero-order chi connectivity index (χ0) is 12.4. The van der Waals surface area contributed by atoms with Crippen molar-refractivity contribution in [1.29, 1.82) is 0 Å². The fourth-order valence-electron chi connectivity index (χ4n) is 1.79. The predicted molar refractivity (Wildman–Crippen MR) is 72.5 cm³/mol. The number of hydrogen-bond donors (Lipinski definition) is 1. The minimum Gasteiger partial charge on any atom is -0.392 e. The smallest absolute Gasteiger partial charge is 0.0614 e. The van der Waals surface area contributed by atoms with Crippen molar-refractivity contribution in [2.75, 3.05) is 6.61 Å². The van der Waals surface area contributed by atoms with E-state index in [-0.39, 0.29) is 6.61 Å². The summed E-state index contributed by atoms with van der Waals surface area (Å²) in [5.41, 5.74) is 2.74. The van der Waals surface area contributed by atoms with Gasteiger partial charge in [0.1, 0.15) is 0 Å². The van der Waals surface area contributed by atoms with E-state index in [2.05, 4.69) is 33.8 Å². The largest absolute Gasteiger partial charge is 0.392 e. The molecule has 94 valence electrons. The summed E-state index contributed by atoms with van der Waals surface area (Å²) in [7, 11) is 0. The minimum absolute atomic E-state index is 0.182. The van der Waals surface area contributed by atoms with Crippen molar-refractivity contribution < 1.29 is 5.11 Å². The van der Waals surface area contributed by atoms with Crippen LogP contribution in [0.2, 0.25) is 0 Å². The van der Waals surface area contributed by atoms with Crippen molar-refractivity contribution in [1.82, 2.24) is 0 Å². The van der Waals surface area contributed by atoms with E-state index in [0.29, 0.717) is 0 Å². The topological polar surface area (TPSA) is 20.2 Å². The van der Waals surface area contributed by atoms with Crippen LogP contribution in [0.5, 0.6) is 0 Å². The Kier molecular flexibility index (Phi) is 9.31. The Morgan fingerprint density at radius 1 is 1.12 bits per heavy atom. The van der Waals surface area contributed by atoms with Gasteiger partial charge in [0.05, 0.1) is 6.61 Å². The molecule has 0 spiro atoms. The monoisotopic (exact) mass is 224 g/mol. The average molecular weight is 224 g/mol. The fraction of sp³-hybridized carbons (Fsp3) is 0.733. The first-order valence-corrected chi connectivity index (χ1v) is 6.46. The highest BCUT2D eigenvalue weighted by Crippen LogP contribution is 2.17. The Morgan fingerprint density at radius 3 is 2.38 bits per heavy atom. The zero-order valence-corrected chi connectivity index (χ0v) is 11.4. The molecular weight excluding hydrogens is 196 g/mol. The quantitative estimate of drug-likeness (QED) is 0.603. The summed E-state index contributed by atoms with van der Waals surface area (Å²) in [5.74, 6) is 0.817. The van der Waals surface area contributed by atoms with Crippen LogP contribution in [-0.2, 0) is 0 Å². The SMILES string of the molecule is CC(C)=CCC[C@H](C)CCC/C(C)=C\CO. The highest BCUT2D eigenvalue weighted by atomic mass is 16.2. The second kappa shape index (κ2) is 9.65. The molecule has 1 N–H and O–H groups in total. The van der Waals surface area contributed by atoms with Gasteiger partial charge in [-0.25, -0.2) is 0 Å². The van der Waals surface area contributed by atoms with E-state index in [1.165, 1.54) is 36.8 Å². The zero-order valence-electron chi connectivity index (χ0n) is 11.4. The van der Waals surface area contributed by atoms with Crippen LogP contribution >= 0.6 is 0 Å². The van der Waals surface area contributed by atoms with Gasteiger partial charge < -0.3 is 5.11 Å². The number of aliphatic hydroxyl groups is 1. The molecule has 0 aromatic carbocycles. The summed E-state index contributed by atoms with van der Waals surface area (Å²) in [4.78, 5) is 0. The van der Waals surface area contributed by atoms with Gasteiger partial charge in [0.15, 0.2) is 0 Å². The summed E-state index contributed by atoms with van der Waals surface area (Å²) < 4.78 is 0. The third-order valence-electron chi connectivity index (χ3n) is 2.92. The molecule has 0 aromatic rings. The highest BCUT2D eigenvalue weighted by Gasteiger charge is 2.01. The van der Waals surface area contributed by atoms with Gasteiger partial charge >= 0.3 is 0 Å². The molecule has 0 aliphatic heterocycles. The van der Waals surface area contributed by atoms with Crippen molar-refractivity contribution in [2.24, 2.45) is 5.92 Å². The lowest BCUT2D eigenvalue weighted by molar-refractivity contribution is 0.341. The maximum atomic E-state index is 8.73. The molecule has 1 nitrogen and oxygen atoms in total. The molecule has 0 saturated carbocycles. The standard InChI is InChI=1S/C15H28O/c1-13(2)7-5-8-14(3)9-6-10-15(4)11-12-16/h7,11,14,16H,5-6,8-10,12H2,1-4H3/b15-11-/t14-/m0/s1. The molecule has 0 heterocycles. The maximum Gasteiger partial charge on any atom is 0.0614 e. The molecular formula is C15H28O. The second-order valence-corrected chi connectivity index (χ2v) is 5.09. The van der Waals surface area contributed by atoms with Crippen molar-refractivity contribution >= 4 is 0 Å². The molecule has 16 heavy (non-hydrogen) atoms. The van der Waals surface area contributed by atoms with Crippen molar-refractivity contribution in [3.8, 4) is 0 Å². The second-order valence-electron chi connectivity index (χ2n) is 5.09. The van der Waals surface area contributed by atoms with E-state index in [9.17, 15) is 0 Å². The van der Waals surface area contributed by atoms with Gasteiger partial charge in [-0.3, -0.25) is 0 Å². The Labute approximate surface area is 101 Å². The van der Waals surface area contributed by atoms with Gasteiger partial charge in [0.25, 0.3) is 0 Å². The Bertz CT molecular complexity index is 222. The molecule has 0 rings (SSSR count). The first-order chi connectivity index (χ1) is 7.56. The first kappa shape index (κ1) is 15.4. The number of allylic oxidation sites excluding steroid dienone is 3. The molecule has 0 fully saturated rings. The normalized spacial score (nSPS) is 13.7. The van der Waals surface area contributed by atoms with E-state index >= 15 is 0 Å². The molecule has 0 aliphatic rings. The van der Waals surface area contributed by atoms with Gasteiger partial charge in [-0.15, -0.1) is 0 Å². The Hall–Kier alpha value is -0.560. The summed E-state index contributed by atoms with van der Waals surface area (Å²) in [6.07, 6.45) is 10.4. The van der Waals surface area contributed by atoms with Crippen LogP contribution < -0.4 is 0 Å². The van der Waals surface area contributed by atoms with Gasteiger partial charge in [-0.2, -0.15) is 0 Å². The van der Waals surface area contributed by atoms with E-state index in [0.717, 1.165) is 12.3 Å². The van der Waals surface area contributed by atoms with Crippen LogP contribution in [0.4, 0.5) is 0 Å². The van der Waals surface area contributed by atoms with Crippen molar-refractivity contribution in [3.63, 3.8) is 0 Å². The van der Waals surface area contributed by atoms with Crippen LogP contribution in [0.25, 0.3) is 0 Å². The van der Waals surface area contributed by atoms with Crippen LogP contribution in [-0.4, -0.2) is 11.7 Å².